The molecule has 368 valence electrons. The Bertz CT molecular complexity index is 2550. The van der Waals surface area contributed by atoms with Gasteiger partial charge in [-0.15, -0.1) is 0 Å². The van der Waals surface area contributed by atoms with Crippen LogP contribution in [-0.2, 0) is 43.8 Å². The lowest BCUT2D eigenvalue weighted by atomic mass is 10.1. The van der Waals surface area contributed by atoms with Crippen molar-refractivity contribution in [3.05, 3.63) is 95.1 Å². The van der Waals surface area contributed by atoms with Crippen molar-refractivity contribution < 1.29 is 64.7 Å². The molecule has 16 nitrogen and oxygen atoms in total. The summed E-state index contributed by atoms with van der Waals surface area (Å²) in [6.45, 7) is 17.3. The number of para-hydroxylation sites is 4. The average molecular weight is 1040 g/mol. The predicted molar refractivity (Wildman–Crippen MR) is 259 cm³/mol. The van der Waals surface area contributed by atoms with Crippen LogP contribution in [0.4, 0.5) is 11.4 Å². The highest BCUT2D eigenvalue weighted by atomic mass is 79.9. The van der Waals surface area contributed by atoms with E-state index in [2.05, 4.69) is 15.9 Å². The Hall–Kier alpha value is -5.08. The topological polar surface area (TPSA) is 194 Å². The number of hydrogen-bond donors (Lipinski definition) is 1. The Labute approximate surface area is 403 Å². The third-order valence-electron chi connectivity index (χ3n) is 9.79. The summed E-state index contributed by atoms with van der Waals surface area (Å²) in [6.07, 6.45) is 0. The number of aliphatic hydroxyl groups excluding tert-OH is 1. The summed E-state index contributed by atoms with van der Waals surface area (Å²) in [5.74, 6) is 1.41. The van der Waals surface area contributed by atoms with Gasteiger partial charge in [0.25, 0.3) is 20.0 Å². The lowest BCUT2D eigenvalue weighted by Gasteiger charge is -2.37. The minimum atomic E-state index is -3.99. The van der Waals surface area contributed by atoms with Gasteiger partial charge in [0.2, 0.25) is 0 Å². The van der Waals surface area contributed by atoms with E-state index in [9.17, 15) is 31.5 Å². The number of halogens is 1. The average Bonchev–Trinajstić information content (AvgIpc) is 3.24. The van der Waals surface area contributed by atoms with Crippen molar-refractivity contribution >= 4 is 59.3 Å². The fourth-order valence-electron chi connectivity index (χ4n) is 7.40. The lowest BCUT2D eigenvalue weighted by molar-refractivity contribution is -0.160. The first-order chi connectivity index (χ1) is 31.3. The molecule has 4 aromatic rings. The van der Waals surface area contributed by atoms with E-state index in [1.165, 1.54) is 8.61 Å². The van der Waals surface area contributed by atoms with Crippen LogP contribution in [0.2, 0.25) is 0 Å². The first-order valence-electron chi connectivity index (χ1n) is 21.3. The highest BCUT2D eigenvalue weighted by Crippen LogP contribution is 2.41. The van der Waals surface area contributed by atoms with Gasteiger partial charge in [-0.3, -0.25) is 13.4 Å². The van der Waals surface area contributed by atoms with Crippen LogP contribution in [0, 0.1) is 27.7 Å². The van der Waals surface area contributed by atoms with Crippen molar-refractivity contribution in [2.75, 3.05) is 61.2 Å². The fourth-order valence-corrected chi connectivity index (χ4v) is 11.6. The Kier molecular flexibility index (Phi) is 18.6. The van der Waals surface area contributed by atoms with Gasteiger partial charge < -0.3 is 38.3 Å². The number of sulfonamides is 2. The molecule has 0 saturated carbocycles. The smallest absolute Gasteiger partial charge is 0.332 e. The summed E-state index contributed by atoms with van der Waals surface area (Å²) in [6, 6.07) is 19.3. The number of anilines is 2. The number of carbonyl (C=O) groups excluding carboxylic acids is 2. The van der Waals surface area contributed by atoms with Crippen molar-refractivity contribution in [3.8, 4) is 23.0 Å². The molecule has 2 atom stereocenters. The normalized spacial score (nSPS) is 15.7. The number of nitrogens with zero attached hydrogens (tertiary/aromatic N) is 2. The van der Waals surface area contributed by atoms with Crippen LogP contribution in [0.3, 0.4) is 0 Å². The first kappa shape index (κ1) is 54.5. The molecule has 19 heteroatoms. The summed E-state index contributed by atoms with van der Waals surface area (Å²) >= 11 is 2.99. The number of aryl methyl sites for hydroxylation is 4. The van der Waals surface area contributed by atoms with Crippen molar-refractivity contribution in [2.24, 2.45) is 0 Å². The summed E-state index contributed by atoms with van der Waals surface area (Å²) in [5, 5.41) is 9.98. The second kappa shape index (κ2) is 22.8. The van der Waals surface area contributed by atoms with Crippen LogP contribution in [-0.4, -0.2) is 110 Å². The van der Waals surface area contributed by atoms with Crippen LogP contribution in [0.1, 0.15) is 63.8 Å². The van der Waals surface area contributed by atoms with Gasteiger partial charge in [0.1, 0.15) is 71.4 Å². The number of alkyl halides is 1. The fraction of sp³-hybridized carbons (Fsp3) is 0.458. The Morgan fingerprint density at radius 3 is 1.39 bits per heavy atom. The minimum absolute atomic E-state index is 0.0406. The summed E-state index contributed by atoms with van der Waals surface area (Å²) in [7, 11) is -4.79. The van der Waals surface area contributed by atoms with E-state index in [4.69, 9.17) is 33.2 Å². The third-order valence-corrected chi connectivity index (χ3v) is 14.6. The van der Waals surface area contributed by atoms with Crippen LogP contribution in [0.5, 0.6) is 23.0 Å². The second-order valence-electron chi connectivity index (χ2n) is 17.7. The van der Waals surface area contributed by atoms with E-state index in [1.54, 1.807) is 135 Å². The number of esters is 2. The second-order valence-corrected chi connectivity index (χ2v) is 21.7. The number of carbonyl (C=O) groups is 2. The molecule has 2 aliphatic rings. The van der Waals surface area contributed by atoms with E-state index in [0.717, 1.165) is 0 Å². The van der Waals surface area contributed by atoms with Gasteiger partial charge in [-0.1, -0.05) is 40.2 Å². The molecule has 0 aliphatic carbocycles. The summed E-state index contributed by atoms with van der Waals surface area (Å²) in [5.41, 5.74) is 2.20. The third kappa shape index (κ3) is 14.0. The molecule has 0 fully saturated rings. The molecule has 4 aromatic carbocycles. The molecule has 0 saturated heterocycles. The largest absolute Gasteiger partial charge is 0.497 e. The molecular formula is C48H63BrN2O14S2. The van der Waals surface area contributed by atoms with Crippen LogP contribution in [0.15, 0.2) is 82.6 Å². The first-order valence-corrected chi connectivity index (χ1v) is 25.3. The monoisotopic (exact) mass is 1030 g/mol. The van der Waals surface area contributed by atoms with E-state index >= 15 is 0 Å². The van der Waals surface area contributed by atoms with Gasteiger partial charge in [-0.25, -0.2) is 21.6 Å². The molecule has 0 aromatic heterocycles. The van der Waals surface area contributed by atoms with Crippen molar-refractivity contribution in [1.29, 1.82) is 0 Å². The molecule has 2 aliphatic heterocycles. The number of methoxy groups -OCH3 is 2. The van der Waals surface area contributed by atoms with Gasteiger partial charge in [0, 0.05) is 0 Å². The van der Waals surface area contributed by atoms with E-state index in [1.807, 2.05) is 20.8 Å². The maximum absolute atomic E-state index is 14.0. The highest BCUT2D eigenvalue weighted by molar-refractivity contribution is 9.09. The zero-order valence-corrected chi connectivity index (χ0v) is 43.4. The van der Waals surface area contributed by atoms with Gasteiger partial charge >= 0.3 is 11.9 Å². The van der Waals surface area contributed by atoms with Gasteiger partial charge in [0.15, 0.2) is 0 Å². The van der Waals surface area contributed by atoms with Gasteiger partial charge in [-0.2, -0.15) is 0 Å². The summed E-state index contributed by atoms with van der Waals surface area (Å²) in [4.78, 5) is 23.0. The van der Waals surface area contributed by atoms with Crippen molar-refractivity contribution in [3.63, 3.8) is 0 Å². The quantitative estimate of drug-likeness (QED) is 0.108. The van der Waals surface area contributed by atoms with Crippen molar-refractivity contribution in [1.82, 2.24) is 0 Å². The number of benzene rings is 4. The van der Waals surface area contributed by atoms with Crippen LogP contribution in [0.25, 0.3) is 0 Å². The Morgan fingerprint density at radius 2 is 1.03 bits per heavy atom. The molecule has 0 amide bonds. The maximum Gasteiger partial charge on any atom is 0.332 e. The molecule has 0 radical (unpaired) electrons. The summed E-state index contributed by atoms with van der Waals surface area (Å²) < 4.78 is 95.2. The number of ether oxygens (including phenoxy) is 7. The molecule has 0 spiro atoms. The molecular weight excluding hydrogens is 973 g/mol. The number of rotatable bonds is 12. The maximum atomic E-state index is 14.0. The van der Waals surface area contributed by atoms with Gasteiger partial charge in [-0.05, 0) is 140 Å². The van der Waals surface area contributed by atoms with E-state index < -0.39 is 43.7 Å². The molecule has 2 heterocycles. The zero-order valence-electron chi connectivity index (χ0n) is 40.2. The SMILES string of the molecule is CC(C)(C)OC(=O)CBr.COc1cc(C)c(S(=O)(=O)N2c3ccccc3OCC2CO)c(C)c1.COc1cc(C)c(S(=O)(=O)N2c3ccccc3OCC2COCC(=O)OC(C)(C)C)c(C)c1. The molecule has 1 N–H and O–H groups in total. The minimum Gasteiger partial charge on any atom is -0.497 e. The van der Waals surface area contributed by atoms with E-state index in [0.29, 0.717) is 56.6 Å². The van der Waals surface area contributed by atoms with Gasteiger partial charge in [0.05, 0.1) is 48.6 Å². The number of fused-ring (bicyclic) bond motifs is 2. The van der Waals surface area contributed by atoms with E-state index in [-0.39, 0.29) is 59.7 Å². The molecule has 2 unspecified atom stereocenters. The standard InChI is InChI=1S/C24H31NO7S.C18H21NO5S.C6H11BrO2/c1-16-11-19(29-6)12-17(2)23(16)33(27,28)25-18(13-30-15-22(26)32-24(3,4)5)14-31-21-10-8-7-9-20(21)25;1-12-8-15(23-3)9-13(2)18(12)25(21,22)19-14(10-20)11-24-17-7-5-4-6-16(17)19;1-6(2,3)9-5(8)4-7/h7-12,18H,13-15H2,1-6H3;4-9,14,20H,10-11H2,1-3H3;4H2,1-3H3. The predicted octanol–water partition coefficient (Wildman–Crippen LogP) is 7.61. The number of hydrogen-bond acceptors (Lipinski definition) is 14. The van der Waals surface area contributed by atoms with Crippen molar-refractivity contribution in [2.45, 2.75) is 102 Å². The van der Waals surface area contributed by atoms with Crippen LogP contribution < -0.4 is 27.6 Å². The Morgan fingerprint density at radius 1 is 0.657 bits per heavy atom. The number of aliphatic hydroxyl groups is 1. The molecule has 67 heavy (non-hydrogen) atoms. The zero-order chi connectivity index (χ0) is 50.1. The highest BCUT2D eigenvalue weighted by Gasteiger charge is 2.40. The lowest BCUT2D eigenvalue weighted by Crippen LogP contribution is -2.49. The molecule has 0 bridgehead atoms. The molecule has 6 rings (SSSR count). The Balaban J connectivity index is 0.000000253. The van der Waals surface area contributed by atoms with Crippen LogP contribution >= 0.6 is 15.9 Å².